The van der Waals surface area contributed by atoms with Crippen LogP contribution in [-0.4, -0.2) is 7.05 Å². The smallest absolute Gasteiger partial charge is 0.197 e. The minimum absolute atomic E-state index is 0.202. The van der Waals surface area contributed by atoms with E-state index in [4.69, 9.17) is 16.0 Å². The van der Waals surface area contributed by atoms with Crippen LogP contribution in [0, 0.1) is 0 Å². The van der Waals surface area contributed by atoms with E-state index in [9.17, 15) is 0 Å². The molecule has 0 spiro atoms. The Balaban J connectivity index is 2.72. The lowest BCUT2D eigenvalue weighted by Crippen LogP contribution is -2.16. The first-order valence-electron chi connectivity index (χ1n) is 4.75. The lowest BCUT2D eigenvalue weighted by molar-refractivity contribution is 0.541. The van der Waals surface area contributed by atoms with Gasteiger partial charge in [-0.2, -0.15) is 0 Å². The molecule has 0 bridgehead atoms. The van der Waals surface area contributed by atoms with Gasteiger partial charge in [-0.05, 0) is 37.6 Å². The maximum Gasteiger partial charge on any atom is 0.197 e. The van der Waals surface area contributed by atoms with Crippen molar-refractivity contribution in [2.24, 2.45) is 0 Å². The van der Waals surface area contributed by atoms with Gasteiger partial charge in [0.1, 0.15) is 0 Å². The molecule has 0 radical (unpaired) electrons. The fourth-order valence-corrected chi connectivity index (χ4v) is 1.60. The molecule has 3 heteroatoms. The summed E-state index contributed by atoms with van der Waals surface area (Å²) in [6, 6.07) is 2.10. The van der Waals surface area contributed by atoms with E-state index in [-0.39, 0.29) is 6.04 Å². The zero-order valence-corrected chi connectivity index (χ0v) is 9.40. The molecule has 1 unspecified atom stereocenters. The molecule has 1 N–H and O–H groups in total. The summed E-state index contributed by atoms with van der Waals surface area (Å²) in [4.78, 5) is 0. The van der Waals surface area contributed by atoms with Crippen molar-refractivity contribution in [3.05, 3.63) is 35.3 Å². The van der Waals surface area contributed by atoms with Crippen LogP contribution in [0.3, 0.4) is 0 Å². The Bertz CT molecular complexity index is 306. The van der Waals surface area contributed by atoms with Crippen molar-refractivity contribution in [1.82, 2.24) is 5.32 Å². The van der Waals surface area contributed by atoms with E-state index in [0.717, 1.165) is 18.4 Å². The Labute approximate surface area is 89.9 Å². The number of hydrogen-bond acceptors (Lipinski definition) is 2. The second kappa shape index (κ2) is 5.23. The van der Waals surface area contributed by atoms with Gasteiger partial charge in [0.2, 0.25) is 0 Å². The van der Waals surface area contributed by atoms with Crippen LogP contribution >= 0.6 is 11.6 Å². The van der Waals surface area contributed by atoms with E-state index >= 15 is 0 Å². The predicted octanol–water partition coefficient (Wildman–Crippen LogP) is 3.55. The SMILES string of the molecule is C=C(CC)CC(NC)c1ccoc1Cl. The van der Waals surface area contributed by atoms with E-state index in [2.05, 4.69) is 18.8 Å². The van der Waals surface area contributed by atoms with E-state index in [1.54, 1.807) is 6.26 Å². The topological polar surface area (TPSA) is 25.2 Å². The maximum atomic E-state index is 5.90. The van der Waals surface area contributed by atoms with Crippen molar-refractivity contribution in [3.8, 4) is 0 Å². The Morgan fingerprint density at radius 3 is 2.86 bits per heavy atom. The minimum atomic E-state index is 0.202. The quantitative estimate of drug-likeness (QED) is 0.757. The Hall–Kier alpha value is -0.730. The molecule has 1 rings (SSSR count). The number of rotatable bonds is 5. The van der Waals surface area contributed by atoms with E-state index < -0.39 is 0 Å². The first-order chi connectivity index (χ1) is 6.69. The summed E-state index contributed by atoms with van der Waals surface area (Å²) in [6.07, 6.45) is 3.50. The zero-order chi connectivity index (χ0) is 10.6. The summed E-state index contributed by atoms with van der Waals surface area (Å²) in [6.45, 7) is 6.09. The Morgan fingerprint density at radius 2 is 2.43 bits per heavy atom. The summed E-state index contributed by atoms with van der Waals surface area (Å²) >= 11 is 5.90. The average Bonchev–Trinajstić information content (AvgIpc) is 2.60. The highest BCUT2D eigenvalue weighted by atomic mass is 35.5. The van der Waals surface area contributed by atoms with Crippen LogP contribution in [0.2, 0.25) is 5.22 Å². The highest BCUT2D eigenvalue weighted by Gasteiger charge is 2.15. The standard InChI is InChI=1S/C11H16ClNO/c1-4-8(2)7-10(13-3)9-5-6-14-11(9)12/h5-6,10,13H,2,4,7H2,1,3H3. The van der Waals surface area contributed by atoms with E-state index in [1.165, 1.54) is 5.57 Å². The van der Waals surface area contributed by atoms with Gasteiger partial charge in [0.15, 0.2) is 5.22 Å². The predicted molar refractivity (Wildman–Crippen MR) is 59.6 cm³/mol. The van der Waals surface area contributed by atoms with Gasteiger partial charge in [0.25, 0.3) is 0 Å². The van der Waals surface area contributed by atoms with Crippen molar-refractivity contribution in [1.29, 1.82) is 0 Å². The van der Waals surface area contributed by atoms with Crippen LogP contribution in [0.1, 0.15) is 31.4 Å². The molecule has 1 heterocycles. The molecule has 1 aromatic rings. The first kappa shape index (κ1) is 11.3. The van der Waals surface area contributed by atoms with Crippen LogP contribution in [0.5, 0.6) is 0 Å². The highest BCUT2D eigenvalue weighted by Crippen LogP contribution is 2.28. The molecular formula is C11H16ClNO. The molecule has 0 saturated carbocycles. The molecule has 0 saturated heterocycles. The summed E-state index contributed by atoms with van der Waals surface area (Å²) < 4.78 is 5.06. The molecule has 0 aromatic carbocycles. The molecule has 78 valence electrons. The van der Waals surface area contributed by atoms with Crippen LogP contribution < -0.4 is 5.32 Å². The largest absolute Gasteiger partial charge is 0.453 e. The molecule has 2 nitrogen and oxygen atoms in total. The highest BCUT2D eigenvalue weighted by molar-refractivity contribution is 6.29. The fraction of sp³-hybridized carbons (Fsp3) is 0.455. The van der Waals surface area contributed by atoms with Crippen molar-refractivity contribution in [2.75, 3.05) is 7.05 Å². The molecule has 0 aliphatic heterocycles. The molecule has 1 aromatic heterocycles. The van der Waals surface area contributed by atoms with E-state index in [1.807, 2.05) is 13.1 Å². The van der Waals surface area contributed by atoms with Gasteiger partial charge in [-0.1, -0.05) is 19.1 Å². The third kappa shape index (κ3) is 2.63. The van der Waals surface area contributed by atoms with Crippen LogP contribution in [0.15, 0.2) is 28.9 Å². The number of nitrogens with one attached hydrogen (secondary N) is 1. The van der Waals surface area contributed by atoms with Gasteiger partial charge in [0, 0.05) is 11.6 Å². The molecule has 0 fully saturated rings. The van der Waals surface area contributed by atoms with Crippen molar-refractivity contribution >= 4 is 11.6 Å². The fourth-order valence-electron chi connectivity index (χ4n) is 1.35. The lowest BCUT2D eigenvalue weighted by Gasteiger charge is -2.15. The summed E-state index contributed by atoms with van der Waals surface area (Å²) in [5.41, 5.74) is 2.21. The van der Waals surface area contributed by atoms with Crippen LogP contribution in [-0.2, 0) is 0 Å². The maximum absolute atomic E-state index is 5.90. The summed E-state index contributed by atoms with van der Waals surface area (Å²) in [5.74, 6) is 0. The number of hydrogen-bond donors (Lipinski definition) is 1. The molecule has 0 amide bonds. The zero-order valence-electron chi connectivity index (χ0n) is 8.64. The van der Waals surface area contributed by atoms with Gasteiger partial charge < -0.3 is 9.73 Å². The van der Waals surface area contributed by atoms with Crippen LogP contribution in [0.25, 0.3) is 0 Å². The third-order valence-electron chi connectivity index (χ3n) is 2.36. The lowest BCUT2D eigenvalue weighted by atomic mass is 10.0. The molecule has 0 aliphatic rings. The van der Waals surface area contributed by atoms with Gasteiger partial charge in [-0.25, -0.2) is 0 Å². The minimum Gasteiger partial charge on any atom is -0.453 e. The molecule has 14 heavy (non-hydrogen) atoms. The Kier molecular flexibility index (Phi) is 4.23. The normalized spacial score (nSPS) is 12.8. The van der Waals surface area contributed by atoms with Crippen molar-refractivity contribution in [2.45, 2.75) is 25.8 Å². The van der Waals surface area contributed by atoms with Gasteiger partial charge in [-0.3, -0.25) is 0 Å². The number of halogens is 1. The van der Waals surface area contributed by atoms with E-state index in [0.29, 0.717) is 5.22 Å². The molecular weight excluding hydrogens is 198 g/mol. The monoisotopic (exact) mass is 213 g/mol. The third-order valence-corrected chi connectivity index (χ3v) is 2.67. The second-order valence-corrected chi connectivity index (χ2v) is 3.64. The van der Waals surface area contributed by atoms with Gasteiger partial charge >= 0.3 is 0 Å². The second-order valence-electron chi connectivity index (χ2n) is 3.30. The summed E-state index contributed by atoms with van der Waals surface area (Å²) in [7, 11) is 1.91. The van der Waals surface area contributed by atoms with Gasteiger partial charge in [-0.15, -0.1) is 0 Å². The number of furan rings is 1. The van der Waals surface area contributed by atoms with Gasteiger partial charge in [0.05, 0.1) is 6.26 Å². The Morgan fingerprint density at radius 1 is 1.71 bits per heavy atom. The van der Waals surface area contributed by atoms with Crippen molar-refractivity contribution < 1.29 is 4.42 Å². The van der Waals surface area contributed by atoms with Crippen LogP contribution in [0.4, 0.5) is 0 Å². The average molecular weight is 214 g/mol. The summed E-state index contributed by atoms with van der Waals surface area (Å²) in [5, 5.41) is 3.67. The van der Waals surface area contributed by atoms with Crippen molar-refractivity contribution in [3.63, 3.8) is 0 Å². The first-order valence-corrected chi connectivity index (χ1v) is 5.13. The molecule has 1 atom stereocenters. The molecule has 0 aliphatic carbocycles.